The standard InChI is InChI=1S/C14H9ClN2O3S/c15-8-3-4-11(18)9(6-8)13(19)17-14-16-10(7-21-14)12-2-1-5-20-12/h1-7,18H,(H,16,17,19). The number of carbonyl (C=O) groups excluding carboxylic acids is 1. The minimum atomic E-state index is -0.477. The summed E-state index contributed by atoms with van der Waals surface area (Å²) >= 11 is 7.08. The molecule has 0 radical (unpaired) electrons. The molecule has 1 aromatic carbocycles. The Labute approximate surface area is 128 Å². The maximum Gasteiger partial charge on any atom is 0.261 e. The topological polar surface area (TPSA) is 75.4 Å². The van der Waals surface area contributed by atoms with Gasteiger partial charge in [-0.05, 0) is 30.3 Å². The van der Waals surface area contributed by atoms with Gasteiger partial charge in [0.05, 0.1) is 11.8 Å². The number of nitrogens with zero attached hydrogens (tertiary/aromatic N) is 1. The van der Waals surface area contributed by atoms with Gasteiger partial charge in [0.1, 0.15) is 11.4 Å². The Morgan fingerprint density at radius 3 is 3.00 bits per heavy atom. The number of thiazole rings is 1. The fourth-order valence-electron chi connectivity index (χ4n) is 1.72. The van der Waals surface area contributed by atoms with Crippen molar-refractivity contribution < 1.29 is 14.3 Å². The molecule has 0 unspecified atom stereocenters. The van der Waals surface area contributed by atoms with E-state index in [0.29, 0.717) is 21.6 Å². The Balaban J connectivity index is 1.80. The summed E-state index contributed by atoms with van der Waals surface area (Å²) in [5.41, 5.74) is 0.730. The molecule has 0 bridgehead atoms. The van der Waals surface area contributed by atoms with E-state index in [1.54, 1.807) is 23.8 Å². The molecule has 0 aliphatic rings. The van der Waals surface area contributed by atoms with Gasteiger partial charge in [0.15, 0.2) is 10.9 Å². The molecule has 7 heteroatoms. The quantitative estimate of drug-likeness (QED) is 0.764. The second-order valence-corrected chi connectivity index (χ2v) is 5.43. The zero-order valence-corrected chi connectivity index (χ0v) is 12.1. The molecule has 2 heterocycles. The van der Waals surface area contributed by atoms with Crippen LogP contribution < -0.4 is 5.32 Å². The van der Waals surface area contributed by atoms with Crippen LogP contribution in [0.5, 0.6) is 5.75 Å². The van der Waals surface area contributed by atoms with Crippen LogP contribution in [0.1, 0.15) is 10.4 Å². The Hall–Kier alpha value is -2.31. The summed E-state index contributed by atoms with van der Waals surface area (Å²) in [6.45, 7) is 0. The third-order valence-electron chi connectivity index (χ3n) is 2.70. The van der Waals surface area contributed by atoms with E-state index in [4.69, 9.17) is 16.0 Å². The number of furan rings is 1. The van der Waals surface area contributed by atoms with Crippen molar-refractivity contribution in [2.75, 3.05) is 5.32 Å². The summed E-state index contributed by atoms with van der Waals surface area (Å²) in [5, 5.41) is 14.9. The lowest BCUT2D eigenvalue weighted by Crippen LogP contribution is -2.11. The first kappa shape index (κ1) is 13.7. The summed E-state index contributed by atoms with van der Waals surface area (Å²) < 4.78 is 5.23. The zero-order chi connectivity index (χ0) is 14.8. The van der Waals surface area contributed by atoms with E-state index >= 15 is 0 Å². The number of hydrogen-bond acceptors (Lipinski definition) is 5. The lowest BCUT2D eigenvalue weighted by Gasteiger charge is -2.04. The fraction of sp³-hybridized carbons (Fsp3) is 0. The van der Waals surface area contributed by atoms with Crippen LogP contribution in [0.25, 0.3) is 11.5 Å². The molecule has 0 fully saturated rings. The normalized spacial score (nSPS) is 10.5. The van der Waals surface area contributed by atoms with Gasteiger partial charge in [0, 0.05) is 10.4 Å². The number of rotatable bonds is 3. The highest BCUT2D eigenvalue weighted by Crippen LogP contribution is 2.27. The Morgan fingerprint density at radius 2 is 2.24 bits per heavy atom. The van der Waals surface area contributed by atoms with Gasteiger partial charge >= 0.3 is 0 Å². The average Bonchev–Trinajstić information content (AvgIpc) is 3.11. The number of benzene rings is 1. The molecule has 1 amide bonds. The maximum atomic E-state index is 12.1. The number of hydrogen-bond donors (Lipinski definition) is 2. The molecule has 3 aromatic rings. The highest BCUT2D eigenvalue weighted by molar-refractivity contribution is 7.14. The number of phenolic OH excluding ortho intramolecular Hbond substituents is 1. The molecule has 0 saturated heterocycles. The monoisotopic (exact) mass is 320 g/mol. The number of aromatic hydroxyl groups is 1. The van der Waals surface area contributed by atoms with Crippen molar-refractivity contribution in [2.45, 2.75) is 0 Å². The van der Waals surface area contributed by atoms with E-state index in [2.05, 4.69) is 10.3 Å². The summed E-state index contributed by atoms with van der Waals surface area (Å²) in [4.78, 5) is 16.3. The van der Waals surface area contributed by atoms with E-state index in [1.807, 2.05) is 0 Å². The molecule has 0 atom stereocenters. The summed E-state index contributed by atoms with van der Waals surface area (Å²) in [6, 6.07) is 7.81. The molecule has 21 heavy (non-hydrogen) atoms. The van der Waals surface area contributed by atoms with Crippen LogP contribution in [-0.4, -0.2) is 16.0 Å². The van der Waals surface area contributed by atoms with Crippen LogP contribution in [0.2, 0.25) is 5.02 Å². The molecule has 5 nitrogen and oxygen atoms in total. The third kappa shape index (κ3) is 2.91. The number of nitrogens with one attached hydrogen (secondary N) is 1. The second-order valence-electron chi connectivity index (χ2n) is 4.13. The Morgan fingerprint density at radius 1 is 1.38 bits per heavy atom. The van der Waals surface area contributed by atoms with Crippen LogP contribution in [0, 0.1) is 0 Å². The minimum absolute atomic E-state index is 0.0947. The van der Waals surface area contributed by atoms with Gasteiger partial charge in [0.25, 0.3) is 5.91 Å². The smallest absolute Gasteiger partial charge is 0.261 e. The van der Waals surface area contributed by atoms with Crippen LogP contribution in [0.4, 0.5) is 5.13 Å². The average molecular weight is 321 g/mol. The first-order valence-electron chi connectivity index (χ1n) is 5.93. The third-order valence-corrected chi connectivity index (χ3v) is 3.69. The molecule has 2 aromatic heterocycles. The minimum Gasteiger partial charge on any atom is -0.507 e. The van der Waals surface area contributed by atoms with Gasteiger partial charge in [-0.3, -0.25) is 10.1 Å². The first-order chi connectivity index (χ1) is 10.1. The van der Waals surface area contributed by atoms with Gasteiger partial charge in [-0.2, -0.15) is 0 Å². The van der Waals surface area contributed by atoms with E-state index < -0.39 is 5.91 Å². The molecule has 0 aliphatic heterocycles. The first-order valence-corrected chi connectivity index (χ1v) is 7.18. The maximum absolute atomic E-state index is 12.1. The van der Waals surface area contributed by atoms with Gasteiger partial charge in [-0.25, -0.2) is 4.98 Å². The number of phenols is 1. The van der Waals surface area contributed by atoms with Gasteiger partial charge in [0.2, 0.25) is 0 Å². The van der Waals surface area contributed by atoms with E-state index in [-0.39, 0.29) is 11.3 Å². The molecule has 0 aliphatic carbocycles. The lowest BCUT2D eigenvalue weighted by molar-refractivity contribution is 0.102. The number of carbonyl (C=O) groups is 1. The molecular weight excluding hydrogens is 312 g/mol. The predicted molar refractivity (Wildman–Crippen MR) is 80.9 cm³/mol. The van der Waals surface area contributed by atoms with Gasteiger partial charge in [-0.15, -0.1) is 11.3 Å². The number of halogens is 1. The zero-order valence-electron chi connectivity index (χ0n) is 10.5. The molecular formula is C14H9ClN2O3S. The second kappa shape index (κ2) is 5.59. The summed E-state index contributed by atoms with van der Waals surface area (Å²) in [6.07, 6.45) is 1.55. The largest absolute Gasteiger partial charge is 0.507 e. The van der Waals surface area contributed by atoms with Crippen molar-refractivity contribution in [2.24, 2.45) is 0 Å². The van der Waals surface area contributed by atoms with Crippen molar-refractivity contribution >= 4 is 34.0 Å². The lowest BCUT2D eigenvalue weighted by atomic mass is 10.2. The number of aromatic nitrogens is 1. The fourth-order valence-corrected chi connectivity index (χ4v) is 2.59. The van der Waals surface area contributed by atoms with Crippen molar-refractivity contribution in [3.8, 4) is 17.2 Å². The van der Waals surface area contributed by atoms with Crippen LogP contribution >= 0.6 is 22.9 Å². The van der Waals surface area contributed by atoms with Crippen molar-refractivity contribution in [3.63, 3.8) is 0 Å². The Kier molecular flexibility index (Phi) is 3.64. The molecule has 0 saturated carbocycles. The summed E-state index contributed by atoms with van der Waals surface area (Å²) in [7, 11) is 0. The van der Waals surface area contributed by atoms with Crippen molar-refractivity contribution in [3.05, 3.63) is 52.6 Å². The number of anilines is 1. The highest BCUT2D eigenvalue weighted by Gasteiger charge is 2.14. The predicted octanol–water partition coefficient (Wildman–Crippen LogP) is 4.01. The van der Waals surface area contributed by atoms with E-state index in [9.17, 15) is 9.90 Å². The molecule has 2 N–H and O–H groups in total. The molecule has 106 valence electrons. The summed E-state index contributed by atoms with van der Waals surface area (Å²) in [5.74, 6) is 0.00686. The molecule has 0 spiro atoms. The van der Waals surface area contributed by atoms with E-state index in [1.165, 1.54) is 29.5 Å². The highest BCUT2D eigenvalue weighted by atomic mass is 35.5. The Bertz CT molecular complexity index is 783. The SMILES string of the molecule is O=C(Nc1nc(-c2ccco2)cs1)c1cc(Cl)ccc1O. The van der Waals surface area contributed by atoms with Crippen LogP contribution in [0.3, 0.4) is 0 Å². The van der Waals surface area contributed by atoms with E-state index in [0.717, 1.165) is 0 Å². The molecule has 3 rings (SSSR count). The van der Waals surface area contributed by atoms with Crippen molar-refractivity contribution in [1.82, 2.24) is 4.98 Å². The number of amides is 1. The van der Waals surface area contributed by atoms with Crippen molar-refractivity contribution in [1.29, 1.82) is 0 Å². The van der Waals surface area contributed by atoms with Gasteiger partial charge in [-0.1, -0.05) is 11.6 Å². The van der Waals surface area contributed by atoms with Crippen LogP contribution in [-0.2, 0) is 0 Å². The van der Waals surface area contributed by atoms with Crippen LogP contribution in [0.15, 0.2) is 46.4 Å². The van der Waals surface area contributed by atoms with Gasteiger partial charge < -0.3 is 9.52 Å².